The minimum absolute atomic E-state index is 0.280. The lowest BCUT2D eigenvalue weighted by molar-refractivity contribution is 0.284. The molecule has 1 rings (SSSR count). The van der Waals surface area contributed by atoms with E-state index in [1.165, 1.54) is 0 Å². The molecule has 1 nitrogen and oxygen atoms in total. The van der Waals surface area contributed by atoms with Gasteiger partial charge in [-0.2, -0.15) is 0 Å². The minimum Gasteiger partial charge on any atom is -0.396 e. The topological polar surface area (TPSA) is 20.2 Å². The van der Waals surface area contributed by atoms with Crippen LogP contribution in [-0.2, 0) is 0 Å². The van der Waals surface area contributed by atoms with Gasteiger partial charge in [0.1, 0.15) is 0 Å². The van der Waals surface area contributed by atoms with Crippen molar-refractivity contribution in [2.45, 2.75) is 24.2 Å². The Morgan fingerprint density at radius 2 is 1.93 bits per heavy atom. The van der Waals surface area contributed by atoms with Crippen molar-refractivity contribution in [3.8, 4) is 0 Å². The Kier molecular flexibility index (Phi) is 6.50. The molecule has 0 aliphatic rings. The summed E-state index contributed by atoms with van der Waals surface area (Å²) in [6.07, 6.45) is 3.03. The van der Waals surface area contributed by atoms with Crippen molar-refractivity contribution in [3.05, 3.63) is 28.2 Å². The number of hydrogen-bond acceptors (Lipinski definition) is 2. The van der Waals surface area contributed by atoms with Gasteiger partial charge in [0.2, 0.25) is 0 Å². The quantitative estimate of drug-likeness (QED) is 0.613. The number of thioether (sulfide) groups is 1. The van der Waals surface area contributed by atoms with Gasteiger partial charge < -0.3 is 5.11 Å². The van der Waals surface area contributed by atoms with Crippen molar-refractivity contribution in [2.24, 2.45) is 0 Å². The fourth-order valence-electron chi connectivity index (χ4n) is 1.16. The summed E-state index contributed by atoms with van der Waals surface area (Å²) in [5.74, 6) is 1.01. The summed E-state index contributed by atoms with van der Waals surface area (Å²) in [6, 6.07) is 5.50. The first-order valence-electron chi connectivity index (χ1n) is 4.93. The third kappa shape index (κ3) is 5.12. The van der Waals surface area contributed by atoms with E-state index >= 15 is 0 Å². The molecule has 0 aromatic heterocycles. The third-order valence-electron chi connectivity index (χ3n) is 1.95. The molecule has 1 aromatic rings. The number of hydrogen-bond donors (Lipinski definition) is 1. The molecule has 0 radical (unpaired) electrons. The predicted octanol–water partition coefficient (Wildman–Crippen LogP) is 4.25. The van der Waals surface area contributed by atoms with Crippen LogP contribution in [0.4, 0.5) is 0 Å². The summed E-state index contributed by atoms with van der Waals surface area (Å²) < 4.78 is 0. The Morgan fingerprint density at radius 3 is 2.67 bits per heavy atom. The second-order valence-corrected chi connectivity index (χ2v) is 5.19. The molecule has 0 saturated heterocycles. The molecule has 0 spiro atoms. The fraction of sp³-hybridized carbons (Fsp3) is 0.455. The Labute approximate surface area is 105 Å². The van der Waals surface area contributed by atoms with Crippen molar-refractivity contribution in [3.63, 3.8) is 0 Å². The van der Waals surface area contributed by atoms with Gasteiger partial charge in [0.25, 0.3) is 0 Å². The highest BCUT2D eigenvalue weighted by atomic mass is 35.5. The highest BCUT2D eigenvalue weighted by Gasteiger charge is 2.01. The maximum atomic E-state index is 8.62. The summed E-state index contributed by atoms with van der Waals surface area (Å²) in [4.78, 5) is 1.04. The highest BCUT2D eigenvalue weighted by Crippen LogP contribution is 2.30. The van der Waals surface area contributed by atoms with Gasteiger partial charge in [0.05, 0.1) is 5.02 Å². The lowest BCUT2D eigenvalue weighted by Crippen LogP contribution is -1.85. The molecule has 15 heavy (non-hydrogen) atoms. The summed E-state index contributed by atoms with van der Waals surface area (Å²) in [5.41, 5.74) is 0. The maximum absolute atomic E-state index is 8.62. The molecule has 0 saturated carbocycles. The zero-order valence-electron chi connectivity index (χ0n) is 8.38. The smallest absolute Gasteiger partial charge is 0.0542 e. The average Bonchev–Trinajstić information content (AvgIpc) is 2.23. The van der Waals surface area contributed by atoms with Crippen LogP contribution in [0.25, 0.3) is 0 Å². The van der Waals surface area contributed by atoms with Gasteiger partial charge in [-0.25, -0.2) is 0 Å². The zero-order chi connectivity index (χ0) is 11.1. The van der Waals surface area contributed by atoms with E-state index in [0.717, 1.165) is 40.0 Å². The number of aliphatic hydroxyl groups is 1. The first-order valence-corrected chi connectivity index (χ1v) is 6.67. The number of aliphatic hydroxyl groups excluding tert-OH is 1. The van der Waals surface area contributed by atoms with Crippen molar-refractivity contribution in [1.82, 2.24) is 0 Å². The van der Waals surface area contributed by atoms with Gasteiger partial charge in [-0.1, -0.05) is 29.6 Å². The average molecular weight is 265 g/mol. The van der Waals surface area contributed by atoms with Gasteiger partial charge in [0.15, 0.2) is 0 Å². The van der Waals surface area contributed by atoms with Crippen LogP contribution in [0.5, 0.6) is 0 Å². The number of unbranched alkanes of at least 4 members (excludes halogenated alkanes) is 2. The Bertz CT molecular complexity index is 305. The highest BCUT2D eigenvalue weighted by molar-refractivity contribution is 7.99. The number of rotatable bonds is 6. The van der Waals surface area contributed by atoms with Crippen molar-refractivity contribution < 1.29 is 5.11 Å². The van der Waals surface area contributed by atoms with E-state index in [4.69, 9.17) is 28.3 Å². The summed E-state index contributed by atoms with van der Waals surface area (Å²) >= 11 is 13.6. The molecule has 0 amide bonds. The molecule has 0 atom stereocenters. The molecule has 0 bridgehead atoms. The predicted molar refractivity (Wildman–Crippen MR) is 68.1 cm³/mol. The van der Waals surface area contributed by atoms with E-state index < -0.39 is 0 Å². The van der Waals surface area contributed by atoms with Crippen LogP contribution in [-0.4, -0.2) is 17.5 Å². The van der Waals surface area contributed by atoms with Crippen LogP contribution in [0, 0.1) is 0 Å². The van der Waals surface area contributed by atoms with Crippen molar-refractivity contribution in [2.75, 3.05) is 12.4 Å². The molecule has 0 unspecified atom stereocenters. The summed E-state index contributed by atoms with van der Waals surface area (Å²) in [6.45, 7) is 0.280. The van der Waals surface area contributed by atoms with E-state index in [2.05, 4.69) is 0 Å². The fourth-order valence-corrected chi connectivity index (χ4v) is 2.66. The molecule has 0 aliphatic heterocycles. The Balaban J connectivity index is 2.33. The first-order chi connectivity index (χ1) is 7.24. The van der Waals surface area contributed by atoms with E-state index in [-0.39, 0.29) is 6.61 Å². The second-order valence-electron chi connectivity index (χ2n) is 3.21. The molecular weight excluding hydrogens is 251 g/mol. The van der Waals surface area contributed by atoms with Crippen LogP contribution in [0.3, 0.4) is 0 Å². The van der Waals surface area contributed by atoms with Gasteiger partial charge >= 0.3 is 0 Å². The molecule has 1 N–H and O–H groups in total. The standard InChI is InChI=1S/C11H14Cl2OS/c12-9-4-5-10(13)11(8-9)15-7-3-1-2-6-14/h4-5,8,14H,1-3,6-7H2. The number of halogens is 2. The molecule has 1 aromatic carbocycles. The maximum Gasteiger partial charge on any atom is 0.0542 e. The molecular formula is C11H14Cl2OS. The molecule has 0 aliphatic carbocycles. The van der Waals surface area contributed by atoms with Gasteiger partial charge in [-0.05, 0) is 36.8 Å². The van der Waals surface area contributed by atoms with E-state index in [1.807, 2.05) is 12.1 Å². The van der Waals surface area contributed by atoms with Gasteiger partial charge in [-0.15, -0.1) is 11.8 Å². The van der Waals surface area contributed by atoms with Crippen molar-refractivity contribution >= 4 is 35.0 Å². The first kappa shape index (κ1) is 13.2. The minimum atomic E-state index is 0.280. The molecule has 0 heterocycles. The zero-order valence-corrected chi connectivity index (χ0v) is 10.7. The van der Waals surface area contributed by atoms with Crippen LogP contribution < -0.4 is 0 Å². The monoisotopic (exact) mass is 264 g/mol. The third-order valence-corrected chi connectivity index (χ3v) is 3.77. The molecule has 84 valence electrons. The van der Waals surface area contributed by atoms with Crippen LogP contribution in [0.2, 0.25) is 10.0 Å². The Morgan fingerprint density at radius 1 is 1.13 bits per heavy atom. The molecule has 4 heteroatoms. The number of benzene rings is 1. The van der Waals surface area contributed by atoms with E-state index in [1.54, 1.807) is 17.8 Å². The van der Waals surface area contributed by atoms with Crippen LogP contribution in [0.15, 0.2) is 23.1 Å². The van der Waals surface area contributed by atoms with E-state index in [9.17, 15) is 0 Å². The lowest BCUT2D eigenvalue weighted by atomic mass is 10.3. The van der Waals surface area contributed by atoms with Gasteiger partial charge in [-0.3, -0.25) is 0 Å². The molecule has 0 fully saturated rings. The second kappa shape index (κ2) is 7.39. The van der Waals surface area contributed by atoms with Crippen LogP contribution >= 0.6 is 35.0 Å². The largest absolute Gasteiger partial charge is 0.396 e. The van der Waals surface area contributed by atoms with Gasteiger partial charge in [0, 0.05) is 16.5 Å². The van der Waals surface area contributed by atoms with Crippen molar-refractivity contribution in [1.29, 1.82) is 0 Å². The van der Waals surface area contributed by atoms with E-state index in [0.29, 0.717) is 0 Å². The summed E-state index contributed by atoms with van der Waals surface area (Å²) in [7, 11) is 0. The SMILES string of the molecule is OCCCCCSc1cc(Cl)ccc1Cl. The summed E-state index contributed by atoms with van der Waals surface area (Å²) in [5, 5.41) is 10.1. The lowest BCUT2D eigenvalue weighted by Gasteiger charge is -2.04. The Hall–Kier alpha value is 0.110. The normalized spacial score (nSPS) is 10.6. The van der Waals surface area contributed by atoms with Crippen LogP contribution in [0.1, 0.15) is 19.3 Å².